The molecule has 2 amide bonds. The molecule has 0 saturated carbocycles. The highest BCUT2D eigenvalue weighted by molar-refractivity contribution is 6.01. The Bertz CT molecular complexity index is 1120. The van der Waals surface area contributed by atoms with Crippen LogP contribution in [-0.4, -0.2) is 23.0 Å². The van der Waals surface area contributed by atoms with E-state index in [2.05, 4.69) is 10.3 Å². The van der Waals surface area contributed by atoms with Gasteiger partial charge in [0.2, 0.25) is 0 Å². The molecule has 0 spiro atoms. The lowest BCUT2D eigenvalue weighted by Gasteiger charge is -2.25. The van der Waals surface area contributed by atoms with Crippen molar-refractivity contribution in [2.75, 3.05) is 4.90 Å². The van der Waals surface area contributed by atoms with Gasteiger partial charge in [-0.05, 0) is 43.3 Å². The average molecular weight is 399 g/mol. The third-order valence-corrected chi connectivity index (χ3v) is 4.69. The molecule has 2 N–H and O–H groups in total. The highest BCUT2D eigenvalue weighted by atomic mass is 16.5. The first-order chi connectivity index (χ1) is 14.6. The second kappa shape index (κ2) is 8.53. The van der Waals surface area contributed by atoms with E-state index in [1.165, 1.54) is 4.90 Å². The Labute approximate surface area is 174 Å². The summed E-state index contributed by atoms with van der Waals surface area (Å²) in [6.07, 6.45) is 1.64. The molecule has 3 aromatic carbocycles. The molecule has 6 nitrogen and oxygen atoms in total. The first-order valence-electron chi connectivity index (χ1n) is 9.62. The normalized spacial score (nSPS) is 11.6. The van der Waals surface area contributed by atoms with Crippen LogP contribution < -0.4 is 15.0 Å². The maximum absolute atomic E-state index is 13.1. The van der Waals surface area contributed by atoms with E-state index in [0.717, 1.165) is 10.9 Å². The number of ether oxygens (including phenoxy) is 1. The number of rotatable bonds is 5. The molecule has 1 atom stereocenters. The summed E-state index contributed by atoms with van der Waals surface area (Å²) in [6.45, 7) is 1.60. The van der Waals surface area contributed by atoms with Crippen LogP contribution in [-0.2, 0) is 4.79 Å². The molecule has 0 saturated heterocycles. The molecule has 0 aliphatic rings. The van der Waals surface area contributed by atoms with Crippen molar-refractivity contribution in [3.8, 4) is 5.75 Å². The maximum atomic E-state index is 13.1. The van der Waals surface area contributed by atoms with Gasteiger partial charge in [0.25, 0.3) is 0 Å². The maximum Gasteiger partial charge on any atom is 0.333 e. The van der Waals surface area contributed by atoms with Gasteiger partial charge < -0.3 is 15.0 Å². The molecule has 0 radical (unpaired) electrons. The molecule has 150 valence electrons. The van der Waals surface area contributed by atoms with Gasteiger partial charge in [0.1, 0.15) is 6.04 Å². The number of H-pyrrole nitrogens is 1. The Morgan fingerprint density at radius 1 is 0.867 bits per heavy atom. The van der Waals surface area contributed by atoms with Gasteiger partial charge in [0, 0.05) is 17.1 Å². The molecule has 4 aromatic rings. The van der Waals surface area contributed by atoms with Crippen molar-refractivity contribution in [1.82, 2.24) is 10.3 Å². The molecule has 0 fully saturated rings. The number of fused-ring (bicyclic) bond motifs is 1. The van der Waals surface area contributed by atoms with Crippen LogP contribution in [0.4, 0.5) is 16.2 Å². The average Bonchev–Trinajstić information content (AvgIpc) is 3.18. The number of amides is 2. The summed E-state index contributed by atoms with van der Waals surface area (Å²) >= 11 is 0. The van der Waals surface area contributed by atoms with E-state index >= 15 is 0 Å². The van der Waals surface area contributed by atoms with Crippen molar-refractivity contribution in [1.29, 1.82) is 0 Å². The van der Waals surface area contributed by atoms with Gasteiger partial charge in [0.05, 0.1) is 11.4 Å². The Morgan fingerprint density at radius 2 is 1.43 bits per heavy atom. The molecular formula is C24H21N3O3. The number of carbonyl (C=O) groups is 2. The number of hydrogen-bond donors (Lipinski definition) is 2. The van der Waals surface area contributed by atoms with E-state index in [1.54, 1.807) is 13.1 Å². The molecule has 1 heterocycles. The second-order valence-electron chi connectivity index (χ2n) is 6.80. The Hall–Kier alpha value is -4.06. The van der Waals surface area contributed by atoms with E-state index in [0.29, 0.717) is 17.1 Å². The number of nitrogens with zero attached hydrogens (tertiary/aromatic N) is 1. The fourth-order valence-corrected chi connectivity index (χ4v) is 3.17. The van der Waals surface area contributed by atoms with E-state index < -0.39 is 18.0 Å². The number of aromatic amines is 1. The smallest absolute Gasteiger partial charge is 0.333 e. The zero-order valence-electron chi connectivity index (χ0n) is 16.4. The van der Waals surface area contributed by atoms with Crippen LogP contribution in [0.1, 0.15) is 6.92 Å². The zero-order chi connectivity index (χ0) is 20.9. The van der Waals surface area contributed by atoms with Gasteiger partial charge >= 0.3 is 12.0 Å². The van der Waals surface area contributed by atoms with Crippen LogP contribution >= 0.6 is 0 Å². The molecule has 4 rings (SSSR count). The predicted molar refractivity (Wildman–Crippen MR) is 117 cm³/mol. The summed E-state index contributed by atoms with van der Waals surface area (Å²) < 4.78 is 5.52. The lowest BCUT2D eigenvalue weighted by molar-refractivity contribution is -0.135. The number of carbonyl (C=O) groups excluding carboxylic acids is 2. The monoisotopic (exact) mass is 399 g/mol. The number of urea groups is 1. The Kier molecular flexibility index (Phi) is 5.48. The molecule has 0 bridgehead atoms. The molecule has 0 aliphatic carbocycles. The number of benzene rings is 3. The zero-order valence-corrected chi connectivity index (χ0v) is 16.4. The highest BCUT2D eigenvalue weighted by Crippen LogP contribution is 2.26. The molecule has 0 aliphatic heterocycles. The van der Waals surface area contributed by atoms with Gasteiger partial charge in [-0.15, -0.1) is 0 Å². The van der Waals surface area contributed by atoms with Crippen molar-refractivity contribution in [2.45, 2.75) is 13.0 Å². The standard InChI is InChI=1S/C24H21N3O3/c1-17(23(28)30-22-16-25-21-15-9-8-14-20(21)22)26-24(29)27(18-10-4-2-5-11-18)19-12-6-3-7-13-19/h2-17,25H,1H3,(H,26,29)/t17-/m0/s1. The number of anilines is 2. The topological polar surface area (TPSA) is 74.4 Å². The van der Waals surface area contributed by atoms with Crippen molar-refractivity contribution in [3.63, 3.8) is 0 Å². The summed E-state index contributed by atoms with van der Waals surface area (Å²) in [7, 11) is 0. The van der Waals surface area contributed by atoms with Crippen LogP contribution in [0.5, 0.6) is 5.75 Å². The molecule has 30 heavy (non-hydrogen) atoms. The second-order valence-corrected chi connectivity index (χ2v) is 6.80. The minimum absolute atomic E-state index is 0.421. The van der Waals surface area contributed by atoms with Gasteiger partial charge in [-0.2, -0.15) is 0 Å². The number of nitrogens with one attached hydrogen (secondary N) is 2. The summed E-state index contributed by atoms with van der Waals surface area (Å²) in [4.78, 5) is 30.3. The minimum Gasteiger partial charge on any atom is -0.423 e. The molecule has 1 aromatic heterocycles. The Balaban J connectivity index is 1.51. The number of aromatic nitrogens is 1. The van der Waals surface area contributed by atoms with Crippen LogP contribution in [0.15, 0.2) is 91.1 Å². The van der Waals surface area contributed by atoms with E-state index in [-0.39, 0.29) is 0 Å². The number of para-hydroxylation sites is 3. The largest absolute Gasteiger partial charge is 0.423 e. The lowest BCUT2D eigenvalue weighted by Crippen LogP contribution is -2.46. The van der Waals surface area contributed by atoms with Crippen LogP contribution in [0.3, 0.4) is 0 Å². The first-order valence-corrected chi connectivity index (χ1v) is 9.62. The van der Waals surface area contributed by atoms with Crippen molar-refractivity contribution in [3.05, 3.63) is 91.1 Å². The summed E-state index contributed by atoms with van der Waals surface area (Å²) in [5, 5.41) is 3.54. The van der Waals surface area contributed by atoms with Gasteiger partial charge in [-0.1, -0.05) is 48.5 Å². The number of hydrogen-bond acceptors (Lipinski definition) is 3. The van der Waals surface area contributed by atoms with Crippen molar-refractivity contribution < 1.29 is 14.3 Å². The first kappa shape index (κ1) is 19.3. The van der Waals surface area contributed by atoms with Crippen LogP contribution in [0, 0.1) is 0 Å². The fraction of sp³-hybridized carbons (Fsp3) is 0.0833. The molecule has 6 heteroatoms. The summed E-state index contributed by atoms with van der Waals surface area (Å²) in [5.41, 5.74) is 2.26. The Morgan fingerprint density at radius 3 is 2.07 bits per heavy atom. The summed E-state index contributed by atoms with van der Waals surface area (Å²) in [6, 6.07) is 24.8. The SMILES string of the molecule is C[C@H](NC(=O)N(c1ccccc1)c1ccccc1)C(=O)Oc1c[nH]c2ccccc12. The van der Waals surface area contributed by atoms with Gasteiger partial charge in [-0.25, -0.2) is 9.59 Å². The number of esters is 1. The van der Waals surface area contributed by atoms with Gasteiger partial charge in [-0.3, -0.25) is 4.90 Å². The van der Waals surface area contributed by atoms with Crippen molar-refractivity contribution >= 4 is 34.3 Å². The molecule has 0 unspecified atom stereocenters. The van der Waals surface area contributed by atoms with Crippen LogP contribution in [0.25, 0.3) is 10.9 Å². The van der Waals surface area contributed by atoms with E-state index in [1.807, 2.05) is 84.9 Å². The summed E-state index contributed by atoms with van der Waals surface area (Å²) in [5.74, 6) is -0.117. The van der Waals surface area contributed by atoms with Crippen molar-refractivity contribution in [2.24, 2.45) is 0 Å². The minimum atomic E-state index is -0.846. The van der Waals surface area contributed by atoms with E-state index in [4.69, 9.17) is 4.74 Å². The third-order valence-electron chi connectivity index (χ3n) is 4.69. The quantitative estimate of drug-likeness (QED) is 0.463. The molecular weight excluding hydrogens is 378 g/mol. The van der Waals surface area contributed by atoms with Gasteiger partial charge in [0.15, 0.2) is 5.75 Å². The third kappa shape index (κ3) is 4.03. The fourth-order valence-electron chi connectivity index (χ4n) is 3.17. The predicted octanol–water partition coefficient (Wildman–Crippen LogP) is 5.01. The van der Waals surface area contributed by atoms with E-state index in [9.17, 15) is 9.59 Å². The lowest BCUT2D eigenvalue weighted by atomic mass is 10.2. The highest BCUT2D eigenvalue weighted by Gasteiger charge is 2.24. The van der Waals surface area contributed by atoms with Crippen LogP contribution in [0.2, 0.25) is 0 Å².